The van der Waals surface area contributed by atoms with Crippen LogP contribution in [0.2, 0.25) is 0 Å². The monoisotopic (exact) mass is 445 g/mol. The molecule has 166 valence electrons. The third kappa shape index (κ3) is 4.47. The van der Waals surface area contributed by atoms with Gasteiger partial charge >= 0.3 is 0 Å². The number of methoxy groups -OCH3 is 1. The number of anilines is 1. The molecule has 1 saturated heterocycles. The molecule has 1 fully saturated rings. The molecule has 0 saturated carbocycles. The maximum atomic E-state index is 13.4. The van der Waals surface area contributed by atoms with Gasteiger partial charge in [0, 0.05) is 6.04 Å². The summed E-state index contributed by atoms with van der Waals surface area (Å²) < 4.78 is 39.2. The average Bonchev–Trinajstić information content (AvgIpc) is 2.79. The molecule has 1 unspecified atom stereocenters. The number of sulfonamides is 1. The van der Waals surface area contributed by atoms with Crippen LogP contribution in [0.5, 0.6) is 11.5 Å². The Hall–Kier alpha value is -2.78. The highest BCUT2D eigenvalue weighted by molar-refractivity contribution is 7.92. The quantitative estimate of drug-likeness (QED) is 0.756. The van der Waals surface area contributed by atoms with E-state index in [2.05, 4.69) is 17.3 Å². The number of hydrogen-bond acceptors (Lipinski definition) is 6. The Kier molecular flexibility index (Phi) is 6.06. The molecule has 2 aliphatic rings. The number of amides is 1. The zero-order chi connectivity index (χ0) is 22.0. The summed E-state index contributed by atoms with van der Waals surface area (Å²) in [6, 6.07) is 13.1. The number of carbonyl (C=O) groups is 1. The lowest BCUT2D eigenvalue weighted by Crippen LogP contribution is -2.53. The Morgan fingerprint density at radius 2 is 1.77 bits per heavy atom. The fourth-order valence-corrected chi connectivity index (χ4v) is 5.36. The summed E-state index contributed by atoms with van der Waals surface area (Å²) in [6.07, 6.45) is 0.793. The zero-order valence-electron chi connectivity index (χ0n) is 17.7. The number of piperidine rings is 1. The summed E-state index contributed by atoms with van der Waals surface area (Å²) in [5, 5.41) is 3.04. The summed E-state index contributed by atoms with van der Waals surface area (Å²) in [5.41, 5.74) is 0.418. The first-order valence-electron chi connectivity index (χ1n) is 10.3. The number of benzene rings is 2. The molecule has 1 amide bonds. The van der Waals surface area contributed by atoms with Gasteiger partial charge in [-0.15, -0.1) is 0 Å². The van der Waals surface area contributed by atoms with Crippen LogP contribution < -0.4 is 19.1 Å². The molecule has 0 aliphatic carbocycles. The van der Waals surface area contributed by atoms with Gasteiger partial charge in [-0.05, 0) is 69.4 Å². The fraction of sp³-hybridized carbons (Fsp3) is 0.409. The van der Waals surface area contributed by atoms with Gasteiger partial charge in [0.25, 0.3) is 15.9 Å². The topological polar surface area (TPSA) is 88.2 Å². The zero-order valence-corrected chi connectivity index (χ0v) is 18.5. The average molecular weight is 446 g/mol. The summed E-state index contributed by atoms with van der Waals surface area (Å²) >= 11 is 0. The van der Waals surface area contributed by atoms with Crippen LogP contribution in [-0.2, 0) is 14.8 Å². The van der Waals surface area contributed by atoms with E-state index in [1.165, 1.54) is 23.5 Å². The summed E-state index contributed by atoms with van der Waals surface area (Å²) in [6.45, 7) is 1.73. The van der Waals surface area contributed by atoms with Crippen molar-refractivity contribution in [1.29, 1.82) is 0 Å². The summed E-state index contributed by atoms with van der Waals surface area (Å²) in [4.78, 5) is 15.3. The van der Waals surface area contributed by atoms with Gasteiger partial charge in [0.15, 0.2) is 6.10 Å². The largest absolute Gasteiger partial charge is 0.497 e. The van der Waals surface area contributed by atoms with Gasteiger partial charge in [0.05, 0.1) is 24.2 Å². The Morgan fingerprint density at radius 1 is 1.10 bits per heavy atom. The molecule has 4 rings (SSSR count). The van der Waals surface area contributed by atoms with Crippen LogP contribution in [0.25, 0.3) is 0 Å². The molecule has 0 spiro atoms. The molecule has 2 heterocycles. The number of rotatable bonds is 5. The Bertz CT molecular complexity index is 1030. The predicted octanol–water partition coefficient (Wildman–Crippen LogP) is 1.86. The van der Waals surface area contributed by atoms with Crippen molar-refractivity contribution in [2.45, 2.75) is 29.9 Å². The molecule has 1 atom stereocenters. The molecule has 2 aromatic rings. The highest BCUT2D eigenvalue weighted by Crippen LogP contribution is 2.37. The minimum Gasteiger partial charge on any atom is -0.497 e. The molecular formula is C22H27N3O5S. The Balaban J connectivity index is 1.59. The van der Waals surface area contributed by atoms with Gasteiger partial charge in [0.1, 0.15) is 11.5 Å². The first-order valence-corrected chi connectivity index (χ1v) is 11.7. The summed E-state index contributed by atoms with van der Waals surface area (Å²) in [5.74, 6) is 0.644. The van der Waals surface area contributed by atoms with Gasteiger partial charge in [-0.1, -0.05) is 12.1 Å². The van der Waals surface area contributed by atoms with Gasteiger partial charge in [-0.2, -0.15) is 0 Å². The first kappa shape index (κ1) is 21.5. The molecule has 0 aromatic heterocycles. The van der Waals surface area contributed by atoms with E-state index in [9.17, 15) is 13.2 Å². The molecule has 9 heteroatoms. The number of fused-ring (bicyclic) bond motifs is 1. The second kappa shape index (κ2) is 8.76. The maximum Gasteiger partial charge on any atom is 0.264 e. The van der Waals surface area contributed by atoms with Crippen molar-refractivity contribution < 1.29 is 22.7 Å². The Morgan fingerprint density at radius 3 is 2.45 bits per heavy atom. The van der Waals surface area contributed by atoms with Crippen LogP contribution in [0.15, 0.2) is 53.4 Å². The van der Waals surface area contributed by atoms with Crippen LogP contribution in [-0.4, -0.2) is 65.2 Å². The highest BCUT2D eigenvalue weighted by atomic mass is 32.2. The van der Waals surface area contributed by atoms with E-state index in [0.717, 1.165) is 25.9 Å². The number of likely N-dealkylation sites (tertiary alicyclic amines) is 1. The number of hydrogen-bond donors (Lipinski definition) is 1. The number of nitrogens with one attached hydrogen (secondary N) is 1. The first-order chi connectivity index (χ1) is 14.9. The van der Waals surface area contributed by atoms with Crippen LogP contribution >= 0.6 is 0 Å². The lowest BCUT2D eigenvalue weighted by molar-refractivity contribution is -0.128. The van der Waals surface area contributed by atoms with Crippen LogP contribution in [0, 0.1) is 0 Å². The van der Waals surface area contributed by atoms with Crippen molar-refractivity contribution in [3.8, 4) is 11.5 Å². The van der Waals surface area contributed by atoms with E-state index in [0.29, 0.717) is 17.2 Å². The van der Waals surface area contributed by atoms with E-state index in [1.807, 2.05) is 0 Å². The number of carbonyl (C=O) groups excluding carboxylic acids is 1. The molecule has 2 aromatic carbocycles. The van der Waals surface area contributed by atoms with Crippen molar-refractivity contribution >= 4 is 21.6 Å². The molecule has 0 radical (unpaired) electrons. The van der Waals surface area contributed by atoms with E-state index >= 15 is 0 Å². The molecule has 0 bridgehead atoms. The second-order valence-electron chi connectivity index (χ2n) is 7.87. The van der Waals surface area contributed by atoms with E-state index in [1.54, 1.807) is 36.4 Å². The third-order valence-corrected chi connectivity index (χ3v) is 7.53. The van der Waals surface area contributed by atoms with Crippen LogP contribution in [0.3, 0.4) is 0 Å². The molecule has 31 heavy (non-hydrogen) atoms. The number of ether oxygens (including phenoxy) is 2. The fourth-order valence-electron chi connectivity index (χ4n) is 3.89. The SMILES string of the molecule is COc1ccc(S(=O)(=O)N2CC(C(=O)NC3CCN(C)CC3)Oc3ccccc32)cc1. The van der Waals surface area contributed by atoms with Crippen LogP contribution in [0.1, 0.15) is 12.8 Å². The van der Waals surface area contributed by atoms with Crippen molar-refractivity contribution in [2.24, 2.45) is 0 Å². The van der Waals surface area contributed by atoms with Crippen molar-refractivity contribution in [3.05, 3.63) is 48.5 Å². The lowest BCUT2D eigenvalue weighted by atomic mass is 10.1. The van der Waals surface area contributed by atoms with Crippen molar-refractivity contribution in [3.63, 3.8) is 0 Å². The second-order valence-corrected chi connectivity index (χ2v) is 9.73. The van der Waals surface area contributed by atoms with Crippen molar-refractivity contribution in [2.75, 3.05) is 38.1 Å². The van der Waals surface area contributed by atoms with Crippen molar-refractivity contribution in [1.82, 2.24) is 10.2 Å². The highest BCUT2D eigenvalue weighted by Gasteiger charge is 2.38. The van der Waals surface area contributed by atoms with Gasteiger partial charge in [-0.3, -0.25) is 9.10 Å². The standard InChI is InChI=1S/C22H27N3O5S/c1-24-13-11-16(12-14-24)23-22(26)21-15-25(19-5-3-4-6-20(19)30-21)31(27,28)18-9-7-17(29-2)8-10-18/h3-10,16,21H,11-15H2,1-2H3,(H,23,26). The van der Waals surface area contributed by atoms with Gasteiger partial charge in [0.2, 0.25) is 0 Å². The smallest absolute Gasteiger partial charge is 0.264 e. The van der Waals surface area contributed by atoms with Gasteiger partial charge < -0.3 is 19.7 Å². The Labute approximate surface area is 182 Å². The molecule has 1 N–H and O–H groups in total. The minimum atomic E-state index is -3.90. The van der Waals surface area contributed by atoms with E-state index < -0.39 is 16.1 Å². The third-order valence-electron chi connectivity index (χ3n) is 5.74. The molecule has 8 nitrogen and oxygen atoms in total. The molecular weight excluding hydrogens is 418 g/mol. The minimum absolute atomic E-state index is 0.0658. The van der Waals surface area contributed by atoms with Gasteiger partial charge in [-0.25, -0.2) is 8.42 Å². The maximum absolute atomic E-state index is 13.4. The number of para-hydroxylation sites is 2. The summed E-state index contributed by atoms with van der Waals surface area (Å²) in [7, 11) is -0.316. The van der Waals surface area contributed by atoms with E-state index in [-0.39, 0.29) is 23.4 Å². The predicted molar refractivity (Wildman–Crippen MR) is 117 cm³/mol. The normalized spacial score (nSPS) is 19.9. The molecule has 2 aliphatic heterocycles. The van der Waals surface area contributed by atoms with E-state index in [4.69, 9.17) is 9.47 Å². The number of nitrogens with zero attached hydrogens (tertiary/aromatic N) is 2. The van der Waals surface area contributed by atoms with Crippen LogP contribution in [0.4, 0.5) is 5.69 Å². The lowest BCUT2D eigenvalue weighted by Gasteiger charge is -2.36.